The number of aliphatic carboxylic acids is 2. The van der Waals surface area contributed by atoms with Gasteiger partial charge in [-0.2, -0.15) is 0 Å². The van der Waals surface area contributed by atoms with Crippen molar-refractivity contribution in [3.63, 3.8) is 0 Å². The summed E-state index contributed by atoms with van der Waals surface area (Å²) in [6.07, 6.45) is 1.58. The van der Waals surface area contributed by atoms with Crippen LogP contribution in [0.1, 0.15) is 19.3 Å². The Hall–Kier alpha value is -2.65. The van der Waals surface area contributed by atoms with Gasteiger partial charge in [0.25, 0.3) is 0 Å². The second-order valence-electron chi connectivity index (χ2n) is 5.99. The molecule has 0 saturated carbocycles. The molecule has 0 fully saturated rings. The number of unbranched alkanes of at least 4 members (excludes halogenated alkanes) is 1. The number of fused-ring (bicyclic) bond motifs is 1. The van der Waals surface area contributed by atoms with Crippen LogP contribution in [0.25, 0.3) is 0 Å². The van der Waals surface area contributed by atoms with Gasteiger partial charge in [0, 0.05) is 0 Å². The molecule has 2 rings (SSSR count). The van der Waals surface area contributed by atoms with Crippen LogP contribution in [0.5, 0.6) is 5.75 Å². The highest BCUT2D eigenvalue weighted by Gasteiger charge is 2.35. The average molecular weight is 365 g/mol. The molecule has 0 spiro atoms. The van der Waals surface area contributed by atoms with Crippen molar-refractivity contribution in [1.29, 1.82) is 0 Å². The number of nitrogens with zero attached hydrogens (tertiary/aromatic N) is 1. The van der Waals surface area contributed by atoms with Crippen molar-refractivity contribution in [2.75, 3.05) is 24.6 Å². The molecule has 9 nitrogen and oxygen atoms in total. The fourth-order valence-corrected chi connectivity index (χ4v) is 2.78. The molecule has 0 bridgehead atoms. The molecule has 142 valence electrons. The molecule has 1 heterocycles. The Morgan fingerprint density at radius 3 is 2.69 bits per heavy atom. The second kappa shape index (κ2) is 9.16. The molecule has 0 saturated heterocycles. The minimum Gasteiger partial charge on any atom is -0.489 e. The SMILES string of the molecule is NCCCC[C@H](NC1COc2ccccc2N(CC(=O)O)C1=O)C(=O)O. The summed E-state index contributed by atoms with van der Waals surface area (Å²) in [4.78, 5) is 36.6. The Balaban J connectivity index is 2.20. The number of carboxylic acids is 2. The van der Waals surface area contributed by atoms with Gasteiger partial charge < -0.3 is 20.7 Å². The minimum atomic E-state index is -1.17. The van der Waals surface area contributed by atoms with Crippen LogP contribution >= 0.6 is 0 Å². The Bertz CT molecular complexity index is 666. The number of carbonyl (C=O) groups is 3. The number of hydrogen-bond donors (Lipinski definition) is 4. The summed E-state index contributed by atoms with van der Waals surface area (Å²) < 4.78 is 5.62. The number of carbonyl (C=O) groups excluding carboxylic acids is 1. The van der Waals surface area contributed by atoms with E-state index in [1.54, 1.807) is 24.3 Å². The lowest BCUT2D eigenvalue weighted by Crippen LogP contribution is -2.54. The van der Waals surface area contributed by atoms with Gasteiger partial charge in [0.1, 0.15) is 31.0 Å². The van der Waals surface area contributed by atoms with Crippen LogP contribution in [0, 0.1) is 0 Å². The smallest absolute Gasteiger partial charge is 0.323 e. The molecule has 1 amide bonds. The molecule has 26 heavy (non-hydrogen) atoms. The van der Waals surface area contributed by atoms with E-state index in [1.807, 2.05) is 0 Å². The molecule has 2 atom stereocenters. The molecule has 1 aromatic rings. The van der Waals surface area contributed by atoms with Crippen molar-refractivity contribution in [1.82, 2.24) is 5.32 Å². The van der Waals surface area contributed by atoms with Crippen LogP contribution in [-0.2, 0) is 14.4 Å². The van der Waals surface area contributed by atoms with Gasteiger partial charge in [-0.15, -0.1) is 0 Å². The van der Waals surface area contributed by atoms with Gasteiger partial charge >= 0.3 is 11.9 Å². The summed E-state index contributed by atoms with van der Waals surface area (Å²) in [5.74, 6) is -2.42. The molecule has 0 aromatic heterocycles. The summed E-state index contributed by atoms with van der Waals surface area (Å²) in [7, 11) is 0. The zero-order valence-electron chi connectivity index (χ0n) is 14.3. The van der Waals surface area contributed by atoms with Crippen molar-refractivity contribution >= 4 is 23.5 Å². The normalized spacial score (nSPS) is 17.8. The van der Waals surface area contributed by atoms with E-state index in [0.717, 1.165) is 4.90 Å². The summed E-state index contributed by atoms with van der Waals surface area (Å²) in [6, 6.07) is 4.69. The topological polar surface area (TPSA) is 142 Å². The van der Waals surface area contributed by atoms with Crippen LogP contribution in [0.15, 0.2) is 24.3 Å². The molecule has 1 aromatic carbocycles. The highest BCUT2D eigenvalue weighted by Crippen LogP contribution is 2.31. The first kappa shape index (κ1) is 19.7. The third-order valence-corrected chi connectivity index (χ3v) is 4.07. The molecule has 1 aliphatic heterocycles. The zero-order chi connectivity index (χ0) is 19.1. The van der Waals surface area contributed by atoms with Gasteiger partial charge in [0.15, 0.2) is 0 Å². The van der Waals surface area contributed by atoms with Gasteiger partial charge in [-0.1, -0.05) is 18.6 Å². The molecule has 9 heteroatoms. The minimum absolute atomic E-state index is 0.0906. The van der Waals surface area contributed by atoms with E-state index < -0.39 is 36.5 Å². The first-order valence-electron chi connectivity index (χ1n) is 8.38. The predicted molar refractivity (Wildman–Crippen MR) is 93.2 cm³/mol. The third-order valence-electron chi connectivity index (χ3n) is 4.07. The number of ether oxygens (including phenoxy) is 1. The number of nitrogens with one attached hydrogen (secondary N) is 1. The Morgan fingerprint density at radius 2 is 2.04 bits per heavy atom. The van der Waals surface area contributed by atoms with E-state index in [1.165, 1.54) is 0 Å². The first-order chi connectivity index (χ1) is 12.4. The van der Waals surface area contributed by atoms with E-state index >= 15 is 0 Å². The highest BCUT2D eigenvalue weighted by atomic mass is 16.5. The molecule has 0 aliphatic carbocycles. The van der Waals surface area contributed by atoms with Crippen molar-refractivity contribution in [2.45, 2.75) is 31.3 Å². The molecular formula is C17H23N3O6. The predicted octanol–water partition coefficient (Wildman–Crippen LogP) is 0.0370. The van der Waals surface area contributed by atoms with Crippen molar-refractivity contribution in [3.8, 4) is 5.75 Å². The number of para-hydroxylation sites is 2. The van der Waals surface area contributed by atoms with Crippen LogP contribution in [0.4, 0.5) is 5.69 Å². The summed E-state index contributed by atoms with van der Waals surface area (Å²) in [5.41, 5.74) is 5.77. The van der Waals surface area contributed by atoms with Crippen molar-refractivity contribution < 1.29 is 29.3 Å². The maximum atomic E-state index is 12.8. The summed E-state index contributed by atoms with van der Waals surface area (Å²) >= 11 is 0. The Kier molecular flexibility index (Phi) is 6.93. The van der Waals surface area contributed by atoms with E-state index in [0.29, 0.717) is 37.2 Å². The lowest BCUT2D eigenvalue weighted by Gasteiger charge is -2.25. The quantitative estimate of drug-likeness (QED) is 0.449. The van der Waals surface area contributed by atoms with E-state index in [2.05, 4.69) is 5.32 Å². The number of anilines is 1. The number of hydrogen-bond acceptors (Lipinski definition) is 6. The molecule has 5 N–H and O–H groups in total. The monoisotopic (exact) mass is 365 g/mol. The second-order valence-corrected chi connectivity index (χ2v) is 5.99. The lowest BCUT2D eigenvalue weighted by molar-refractivity contribution is -0.141. The molecule has 1 unspecified atom stereocenters. The fourth-order valence-electron chi connectivity index (χ4n) is 2.78. The van der Waals surface area contributed by atoms with Gasteiger partial charge in [0.2, 0.25) is 5.91 Å². The number of nitrogens with two attached hydrogens (primary N) is 1. The number of rotatable bonds is 9. The summed E-state index contributed by atoms with van der Waals surface area (Å²) in [6.45, 7) is -0.172. The average Bonchev–Trinajstić information content (AvgIpc) is 2.72. The Labute approximate surface area is 150 Å². The van der Waals surface area contributed by atoms with Crippen LogP contribution < -0.4 is 20.7 Å². The van der Waals surface area contributed by atoms with Gasteiger partial charge in [-0.3, -0.25) is 24.6 Å². The summed E-state index contributed by atoms with van der Waals surface area (Å²) in [5, 5.41) is 21.3. The maximum Gasteiger partial charge on any atom is 0.323 e. The highest BCUT2D eigenvalue weighted by molar-refractivity contribution is 6.02. The number of amides is 1. The first-order valence-corrected chi connectivity index (χ1v) is 8.38. The van der Waals surface area contributed by atoms with Gasteiger partial charge in [0.05, 0.1) is 5.69 Å². The van der Waals surface area contributed by atoms with Crippen molar-refractivity contribution in [3.05, 3.63) is 24.3 Å². The van der Waals surface area contributed by atoms with Crippen LogP contribution in [-0.4, -0.2) is 59.8 Å². The molecule has 1 aliphatic rings. The van der Waals surface area contributed by atoms with Crippen LogP contribution in [0.2, 0.25) is 0 Å². The molecule has 0 radical (unpaired) electrons. The zero-order valence-corrected chi connectivity index (χ0v) is 14.3. The largest absolute Gasteiger partial charge is 0.489 e. The van der Waals surface area contributed by atoms with Crippen molar-refractivity contribution in [2.24, 2.45) is 5.73 Å². The van der Waals surface area contributed by atoms with Crippen LogP contribution in [0.3, 0.4) is 0 Å². The van der Waals surface area contributed by atoms with Gasteiger partial charge in [-0.25, -0.2) is 0 Å². The number of benzene rings is 1. The number of carboxylic acid groups (broad SMARTS) is 2. The Morgan fingerprint density at radius 1 is 1.31 bits per heavy atom. The third kappa shape index (κ3) is 4.93. The fraction of sp³-hybridized carbons (Fsp3) is 0.471. The van der Waals surface area contributed by atoms with Gasteiger partial charge in [-0.05, 0) is 31.5 Å². The van der Waals surface area contributed by atoms with E-state index in [-0.39, 0.29) is 6.61 Å². The van der Waals surface area contributed by atoms with E-state index in [4.69, 9.17) is 15.6 Å². The maximum absolute atomic E-state index is 12.8. The van der Waals surface area contributed by atoms with E-state index in [9.17, 15) is 19.5 Å². The molecular weight excluding hydrogens is 342 g/mol. The lowest BCUT2D eigenvalue weighted by atomic mass is 10.1. The standard InChI is InChI=1S/C17H23N3O6/c18-8-4-3-5-11(17(24)25)19-12-10-26-14-7-2-1-6-13(14)20(16(12)23)9-15(21)22/h1-2,6-7,11-12,19H,3-5,8-10,18H2,(H,21,22)(H,24,25)/t11-,12?/m0/s1.